The van der Waals surface area contributed by atoms with Gasteiger partial charge >= 0.3 is 0 Å². The van der Waals surface area contributed by atoms with Gasteiger partial charge in [-0.25, -0.2) is 0 Å². The molecule has 29 heavy (non-hydrogen) atoms. The highest BCUT2D eigenvalue weighted by Gasteiger charge is 2.27. The fourth-order valence-corrected chi connectivity index (χ4v) is 5.14. The maximum absolute atomic E-state index is 13.1. The number of rotatable bonds is 7. The Labute approximate surface area is 179 Å². The quantitative estimate of drug-likeness (QED) is 0.531. The smallest absolute Gasteiger partial charge is 0.264 e. The Kier molecular flexibility index (Phi) is 6.56. The molecule has 3 aromatic rings. The minimum Gasteiger partial charge on any atom is -0.339 e. The third-order valence-corrected chi connectivity index (χ3v) is 6.77. The van der Waals surface area contributed by atoms with E-state index in [1.165, 1.54) is 11.3 Å². The van der Waals surface area contributed by atoms with Crippen molar-refractivity contribution in [3.63, 3.8) is 0 Å². The van der Waals surface area contributed by atoms with Gasteiger partial charge in [-0.1, -0.05) is 48.5 Å². The molecule has 1 saturated heterocycles. The first-order chi connectivity index (χ1) is 14.3. The van der Waals surface area contributed by atoms with Crippen LogP contribution in [-0.2, 0) is 6.54 Å². The summed E-state index contributed by atoms with van der Waals surface area (Å²) in [6.07, 6.45) is 0.902. The minimum absolute atomic E-state index is 0.0715. The largest absolute Gasteiger partial charge is 0.339 e. The molecule has 0 N–H and O–H groups in total. The van der Waals surface area contributed by atoms with Crippen LogP contribution in [0.5, 0.6) is 0 Å². The number of carbonyl (C=O) groups is 1. The number of amides is 1. The molecule has 5 nitrogen and oxygen atoms in total. The Morgan fingerprint density at radius 2 is 1.97 bits per heavy atom. The van der Waals surface area contributed by atoms with Crippen LogP contribution in [0.1, 0.15) is 28.6 Å². The average molecular weight is 428 g/mol. The molecule has 0 atom stereocenters. The van der Waals surface area contributed by atoms with E-state index in [-0.39, 0.29) is 5.91 Å². The Morgan fingerprint density at radius 1 is 1.17 bits per heavy atom. The molecule has 1 fully saturated rings. The van der Waals surface area contributed by atoms with E-state index in [2.05, 4.69) is 17.0 Å². The van der Waals surface area contributed by atoms with Crippen molar-refractivity contribution in [1.29, 1.82) is 0 Å². The Hall–Kier alpha value is -2.25. The first-order valence-electron chi connectivity index (χ1n) is 9.97. The van der Waals surface area contributed by atoms with Crippen LogP contribution >= 0.6 is 23.1 Å². The Balaban J connectivity index is 1.70. The van der Waals surface area contributed by atoms with E-state index in [4.69, 9.17) is 4.52 Å². The van der Waals surface area contributed by atoms with Crippen LogP contribution in [0.2, 0.25) is 0 Å². The molecule has 0 radical (unpaired) electrons. The topological polar surface area (TPSA) is 49.6 Å². The zero-order valence-electron chi connectivity index (χ0n) is 16.5. The normalized spacial score (nSPS) is 14.2. The van der Waals surface area contributed by atoms with E-state index >= 15 is 0 Å². The fraction of sp³-hybridized carbons (Fsp3) is 0.364. The summed E-state index contributed by atoms with van der Waals surface area (Å²) in [6.45, 7) is 5.17. The van der Waals surface area contributed by atoms with Crippen molar-refractivity contribution in [3.05, 3.63) is 58.3 Å². The molecular formula is C22H25N3O2S2. The summed E-state index contributed by atoms with van der Waals surface area (Å²) in [5.74, 6) is 3.03. The van der Waals surface area contributed by atoms with Gasteiger partial charge in [-0.15, -0.1) is 11.3 Å². The first kappa shape index (κ1) is 20.0. The molecule has 4 rings (SSSR count). The number of thiophene rings is 1. The number of hydrogen-bond acceptors (Lipinski definition) is 6. The fourth-order valence-electron chi connectivity index (χ4n) is 3.55. The van der Waals surface area contributed by atoms with Crippen LogP contribution < -0.4 is 4.90 Å². The highest BCUT2D eigenvalue weighted by atomic mass is 32.2. The summed E-state index contributed by atoms with van der Waals surface area (Å²) in [5.41, 5.74) is 2.85. The monoisotopic (exact) mass is 427 g/mol. The van der Waals surface area contributed by atoms with Gasteiger partial charge in [0.25, 0.3) is 5.91 Å². The second-order valence-electron chi connectivity index (χ2n) is 6.98. The lowest BCUT2D eigenvalue weighted by molar-refractivity contribution is 0.0748. The van der Waals surface area contributed by atoms with Crippen LogP contribution in [-0.4, -0.2) is 47.1 Å². The number of carbonyl (C=O) groups excluding carboxylic acids is 1. The lowest BCUT2D eigenvalue weighted by atomic mass is 10.1. The number of anilines is 1. The van der Waals surface area contributed by atoms with Crippen molar-refractivity contribution >= 4 is 34.9 Å². The SMILES string of the molecule is CCCN(Cc1c(-c2ccccc2)noc1N1CCSCC1)C(=O)c1cccs1. The van der Waals surface area contributed by atoms with E-state index < -0.39 is 0 Å². The number of aromatic nitrogens is 1. The third kappa shape index (κ3) is 4.51. The zero-order chi connectivity index (χ0) is 20.1. The first-order valence-corrected chi connectivity index (χ1v) is 12.0. The second-order valence-corrected chi connectivity index (χ2v) is 9.16. The molecule has 0 unspecified atom stereocenters. The lowest BCUT2D eigenvalue weighted by Gasteiger charge is -2.28. The van der Waals surface area contributed by atoms with E-state index in [0.29, 0.717) is 13.1 Å². The lowest BCUT2D eigenvalue weighted by Crippen LogP contribution is -2.35. The van der Waals surface area contributed by atoms with Crippen molar-refractivity contribution in [2.24, 2.45) is 0 Å². The zero-order valence-corrected chi connectivity index (χ0v) is 18.2. The number of hydrogen-bond donors (Lipinski definition) is 0. The van der Waals surface area contributed by atoms with E-state index in [9.17, 15) is 4.79 Å². The van der Waals surface area contributed by atoms with Crippen molar-refractivity contribution in [2.75, 3.05) is 36.0 Å². The number of benzene rings is 1. The van der Waals surface area contributed by atoms with E-state index in [1.54, 1.807) is 0 Å². The van der Waals surface area contributed by atoms with Gasteiger partial charge in [-0.3, -0.25) is 4.79 Å². The summed E-state index contributed by atoms with van der Waals surface area (Å²) in [7, 11) is 0. The van der Waals surface area contributed by atoms with Crippen LogP contribution in [0.25, 0.3) is 11.3 Å². The predicted molar refractivity (Wildman–Crippen MR) is 121 cm³/mol. The van der Waals surface area contributed by atoms with Gasteiger partial charge in [0.15, 0.2) is 0 Å². The third-order valence-electron chi connectivity index (χ3n) is 4.97. The molecule has 3 heterocycles. The van der Waals surface area contributed by atoms with Crippen molar-refractivity contribution in [3.8, 4) is 11.3 Å². The van der Waals surface area contributed by atoms with Gasteiger partial charge in [-0.2, -0.15) is 11.8 Å². The van der Waals surface area contributed by atoms with Gasteiger partial charge in [0.1, 0.15) is 5.69 Å². The molecule has 1 amide bonds. The van der Waals surface area contributed by atoms with Crippen LogP contribution in [0.3, 0.4) is 0 Å². The van der Waals surface area contributed by atoms with Gasteiger partial charge < -0.3 is 14.3 Å². The molecule has 1 aromatic carbocycles. The highest BCUT2D eigenvalue weighted by Crippen LogP contribution is 2.34. The summed E-state index contributed by atoms with van der Waals surface area (Å²) in [5, 5.41) is 6.39. The minimum atomic E-state index is 0.0715. The summed E-state index contributed by atoms with van der Waals surface area (Å²) < 4.78 is 5.87. The molecule has 7 heteroatoms. The Morgan fingerprint density at radius 3 is 2.66 bits per heavy atom. The molecular weight excluding hydrogens is 402 g/mol. The van der Waals surface area contributed by atoms with Crippen molar-refractivity contribution in [2.45, 2.75) is 19.9 Å². The van der Waals surface area contributed by atoms with E-state index in [1.807, 2.05) is 64.5 Å². The molecule has 1 aliphatic rings. The summed E-state index contributed by atoms with van der Waals surface area (Å²) in [4.78, 5) is 18.1. The standard InChI is InChI=1S/C22H25N3O2S2/c1-2-10-25(21(26)19-9-6-13-29-19)16-18-20(17-7-4-3-5-8-17)23-27-22(18)24-11-14-28-15-12-24/h3-9,13H,2,10-12,14-16H2,1H3. The summed E-state index contributed by atoms with van der Waals surface area (Å²) in [6, 6.07) is 13.9. The summed E-state index contributed by atoms with van der Waals surface area (Å²) >= 11 is 3.45. The van der Waals surface area contributed by atoms with Crippen LogP contribution in [0, 0.1) is 0 Å². The molecule has 0 spiro atoms. The second kappa shape index (κ2) is 9.50. The van der Waals surface area contributed by atoms with Crippen LogP contribution in [0.4, 0.5) is 5.88 Å². The highest BCUT2D eigenvalue weighted by molar-refractivity contribution is 7.99. The maximum Gasteiger partial charge on any atom is 0.264 e. The van der Waals surface area contributed by atoms with Gasteiger partial charge in [0.05, 0.1) is 17.0 Å². The van der Waals surface area contributed by atoms with Gasteiger partial charge in [0, 0.05) is 36.7 Å². The maximum atomic E-state index is 13.1. The molecule has 0 bridgehead atoms. The number of thioether (sulfide) groups is 1. The molecule has 1 aliphatic heterocycles. The van der Waals surface area contributed by atoms with Crippen molar-refractivity contribution < 1.29 is 9.32 Å². The average Bonchev–Trinajstić information content (AvgIpc) is 3.45. The van der Waals surface area contributed by atoms with Gasteiger partial charge in [0.2, 0.25) is 5.88 Å². The molecule has 0 aliphatic carbocycles. The number of nitrogens with zero attached hydrogens (tertiary/aromatic N) is 3. The molecule has 2 aromatic heterocycles. The predicted octanol–water partition coefficient (Wildman–Crippen LogP) is 5.01. The molecule has 152 valence electrons. The Bertz CT molecular complexity index is 919. The van der Waals surface area contributed by atoms with E-state index in [0.717, 1.165) is 58.6 Å². The van der Waals surface area contributed by atoms with Crippen LogP contribution in [0.15, 0.2) is 52.4 Å². The van der Waals surface area contributed by atoms with Crippen molar-refractivity contribution in [1.82, 2.24) is 10.1 Å². The van der Waals surface area contributed by atoms with Gasteiger partial charge in [-0.05, 0) is 17.9 Å². The molecule has 0 saturated carbocycles.